The van der Waals surface area contributed by atoms with Crippen LogP contribution in [0.1, 0.15) is 23.3 Å². The number of rotatable bonds is 2. The van der Waals surface area contributed by atoms with Gasteiger partial charge in [-0.3, -0.25) is 4.79 Å². The topological polar surface area (TPSA) is 72.1 Å². The van der Waals surface area contributed by atoms with Gasteiger partial charge in [-0.1, -0.05) is 0 Å². The molecule has 3 rings (SSSR count). The maximum Gasteiger partial charge on any atom is 0.222 e. The third kappa shape index (κ3) is 2.14. The first-order valence-corrected chi connectivity index (χ1v) is 7.64. The summed E-state index contributed by atoms with van der Waals surface area (Å²) in [6.45, 7) is 5.80. The van der Waals surface area contributed by atoms with E-state index in [1.165, 1.54) is 10.4 Å². The summed E-state index contributed by atoms with van der Waals surface area (Å²) < 4.78 is 0. The average molecular weight is 290 g/mol. The van der Waals surface area contributed by atoms with Gasteiger partial charge in [-0.2, -0.15) is 0 Å². The molecule has 0 spiro atoms. The third-order valence-corrected chi connectivity index (χ3v) is 5.18. The Morgan fingerprint density at radius 2 is 2.25 bits per heavy atom. The molecule has 0 radical (unpaired) electrons. The van der Waals surface area contributed by atoms with Gasteiger partial charge in [-0.15, -0.1) is 11.3 Å². The molecule has 2 aromatic heterocycles. The van der Waals surface area contributed by atoms with E-state index < -0.39 is 0 Å². The number of nitrogens with zero attached hydrogens (tertiary/aromatic N) is 3. The van der Waals surface area contributed by atoms with Crippen molar-refractivity contribution in [2.45, 2.75) is 26.7 Å². The van der Waals surface area contributed by atoms with Crippen LogP contribution in [0.3, 0.4) is 0 Å². The van der Waals surface area contributed by atoms with Gasteiger partial charge < -0.3 is 10.6 Å². The maximum atomic E-state index is 11.4. The van der Waals surface area contributed by atoms with Crippen LogP contribution in [0.2, 0.25) is 0 Å². The molecule has 0 bridgehead atoms. The highest BCUT2D eigenvalue weighted by molar-refractivity contribution is 7.18. The lowest BCUT2D eigenvalue weighted by Gasteiger charge is -2.32. The summed E-state index contributed by atoms with van der Waals surface area (Å²) in [5, 5.41) is 1.13. The zero-order chi connectivity index (χ0) is 14.3. The quantitative estimate of drug-likeness (QED) is 0.918. The van der Waals surface area contributed by atoms with Crippen molar-refractivity contribution >= 4 is 33.3 Å². The minimum atomic E-state index is -0.210. The lowest BCUT2D eigenvalue weighted by atomic mass is 9.97. The molecule has 106 valence electrons. The van der Waals surface area contributed by atoms with Crippen molar-refractivity contribution in [3.63, 3.8) is 0 Å². The number of carbonyl (C=O) groups excluding carboxylic acids is 1. The monoisotopic (exact) mass is 290 g/mol. The summed E-state index contributed by atoms with van der Waals surface area (Å²) >= 11 is 1.69. The highest BCUT2D eigenvalue weighted by atomic mass is 32.1. The summed E-state index contributed by atoms with van der Waals surface area (Å²) in [5.41, 5.74) is 6.70. The largest absolute Gasteiger partial charge is 0.369 e. The van der Waals surface area contributed by atoms with E-state index in [-0.39, 0.29) is 11.8 Å². The Morgan fingerprint density at radius 1 is 1.45 bits per heavy atom. The number of nitrogens with two attached hydrogens (primary N) is 1. The molecule has 1 saturated heterocycles. The summed E-state index contributed by atoms with van der Waals surface area (Å²) in [5.74, 6) is 0.662. The van der Waals surface area contributed by atoms with Gasteiger partial charge in [0.15, 0.2) is 0 Å². The van der Waals surface area contributed by atoms with Crippen molar-refractivity contribution in [2.24, 2.45) is 11.7 Å². The van der Waals surface area contributed by atoms with Crippen LogP contribution >= 0.6 is 11.3 Å². The predicted molar refractivity (Wildman–Crippen MR) is 81.0 cm³/mol. The average Bonchev–Trinajstić information content (AvgIpc) is 2.74. The number of anilines is 1. The standard InChI is InChI=1S/C14H18N4OS/c1-8-9(2)20-14-11(8)13(16-7-17-14)18-5-3-4-10(6-18)12(15)19/h7,10H,3-6H2,1-2H3,(H2,15,19)/t10-/m1/s1. The highest BCUT2D eigenvalue weighted by Crippen LogP contribution is 2.35. The third-order valence-electron chi connectivity index (χ3n) is 4.07. The molecular formula is C14H18N4OS. The molecule has 0 saturated carbocycles. The SMILES string of the molecule is Cc1sc2ncnc(N3CCC[C@@H](C(N)=O)C3)c2c1C. The van der Waals surface area contributed by atoms with Crippen LogP contribution < -0.4 is 10.6 Å². The molecule has 1 aliphatic rings. The fourth-order valence-corrected chi connectivity index (χ4v) is 3.80. The van der Waals surface area contributed by atoms with Crippen molar-refractivity contribution in [1.29, 1.82) is 0 Å². The number of aryl methyl sites for hydroxylation is 2. The Bertz CT molecular complexity index is 666. The molecule has 1 amide bonds. The number of amides is 1. The Kier molecular flexibility index (Phi) is 3.33. The lowest BCUT2D eigenvalue weighted by molar-refractivity contribution is -0.122. The number of fused-ring (bicyclic) bond motifs is 1. The van der Waals surface area contributed by atoms with Gasteiger partial charge in [-0.25, -0.2) is 9.97 Å². The Morgan fingerprint density at radius 3 is 3.00 bits per heavy atom. The first-order chi connectivity index (χ1) is 9.58. The minimum Gasteiger partial charge on any atom is -0.369 e. The maximum absolute atomic E-state index is 11.4. The first-order valence-electron chi connectivity index (χ1n) is 6.83. The summed E-state index contributed by atoms with van der Waals surface area (Å²) in [4.78, 5) is 24.7. The van der Waals surface area contributed by atoms with E-state index in [0.717, 1.165) is 35.4 Å². The van der Waals surface area contributed by atoms with E-state index in [9.17, 15) is 4.79 Å². The zero-order valence-corrected chi connectivity index (χ0v) is 12.5. The van der Waals surface area contributed by atoms with Gasteiger partial charge in [0.2, 0.25) is 5.91 Å². The molecule has 2 N–H and O–H groups in total. The van der Waals surface area contributed by atoms with E-state index >= 15 is 0 Å². The molecule has 1 aliphatic heterocycles. The predicted octanol–water partition coefficient (Wildman–Crippen LogP) is 2.01. The molecular weight excluding hydrogens is 272 g/mol. The van der Waals surface area contributed by atoms with Gasteiger partial charge in [0.1, 0.15) is 17.0 Å². The van der Waals surface area contributed by atoms with E-state index in [1.807, 2.05) is 0 Å². The minimum absolute atomic E-state index is 0.0752. The number of carbonyl (C=O) groups is 1. The van der Waals surface area contributed by atoms with Crippen LogP contribution in [0, 0.1) is 19.8 Å². The smallest absolute Gasteiger partial charge is 0.222 e. The second kappa shape index (κ2) is 5.01. The van der Waals surface area contributed by atoms with E-state index in [0.29, 0.717) is 6.54 Å². The van der Waals surface area contributed by atoms with Crippen molar-refractivity contribution in [3.8, 4) is 0 Å². The van der Waals surface area contributed by atoms with Gasteiger partial charge in [0.05, 0.1) is 11.3 Å². The van der Waals surface area contributed by atoms with Crippen molar-refractivity contribution in [1.82, 2.24) is 9.97 Å². The van der Waals surface area contributed by atoms with Gasteiger partial charge in [0.25, 0.3) is 0 Å². The van der Waals surface area contributed by atoms with Crippen LogP contribution in [0.5, 0.6) is 0 Å². The molecule has 1 atom stereocenters. The Balaban J connectivity index is 2.03. The van der Waals surface area contributed by atoms with Gasteiger partial charge >= 0.3 is 0 Å². The lowest BCUT2D eigenvalue weighted by Crippen LogP contribution is -2.41. The number of primary amides is 1. The normalized spacial score (nSPS) is 19.5. The molecule has 0 aromatic carbocycles. The van der Waals surface area contributed by atoms with Crippen molar-refractivity contribution in [3.05, 3.63) is 16.8 Å². The molecule has 0 unspecified atom stereocenters. The van der Waals surface area contributed by atoms with Gasteiger partial charge in [0, 0.05) is 18.0 Å². The van der Waals surface area contributed by atoms with Gasteiger partial charge in [-0.05, 0) is 32.3 Å². The fraction of sp³-hybridized carbons (Fsp3) is 0.500. The van der Waals surface area contributed by atoms with Crippen molar-refractivity contribution < 1.29 is 4.79 Å². The second-order valence-corrected chi connectivity index (χ2v) is 6.55. The number of hydrogen-bond acceptors (Lipinski definition) is 5. The molecule has 6 heteroatoms. The molecule has 1 fully saturated rings. The number of aromatic nitrogens is 2. The van der Waals surface area contributed by atoms with Crippen LogP contribution in [0.4, 0.5) is 5.82 Å². The van der Waals surface area contributed by atoms with Crippen LogP contribution in [-0.4, -0.2) is 29.0 Å². The molecule has 0 aliphatic carbocycles. The van der Waals surface area contributed by atoms with Crippen LogP contribution in [-0.2, 0) is 4.79 Å². The Hall–Kier alpha value is -1.69. The van der Waals surface area contributed by atoms with Crippen LogP contribution in [0.15, 0.2) is 6.33 Å². The molecule has 20 heavy (non-hydrogen) atoms. The molecule has 2 aromatic rings. The summed E-state index contributed by atoms with van der Waals surface area (Å²) in [6, 6.07) is 0. The molecule has 5 nitrogen and oxygen atoms in total. The molecule has 3 heterocycles. The summed E-state index contributed by atoms with van der Waals surface area (Å²) in [7, 11) is 0. The number of piperidine rings is 1. The summed E-state index contributed by atoms with van der Waals surface area (Å²) in [6.07, 6.45) is 3.46. The van der Waals surface area contributed by atoms with E-state index in [1.54, 1.807) is 17.7 Å². The van der Waals surface area contributed by atoms with E-state index in [4.69, 9.17) is 5.73 Å². The van der Waals surface area contributed by atoms with Crippen LogP contribution in [0.25, 0.3) is 10.2 Å². The fourth-order valence-electron chi connectivity index (χ4n) is 2.81. The van der Waals surface area contributed by atoms with E-state index in [2.05, 4.69) is 28.7 Å². The number of hydrogen-bond donors (Lipinski definition) is 1. The second-order valence-electron chi connectivity index (χ2n) is 5.35. The Labute approximate surface area is 121 Å². The highest BCUT2D eigenvalue weighted by Gasteiger charge is 2.26. The first kappa shape index (κ1) is 13.3. The van der Waals surface area contributed by atoms with Crippen molar-refractivity contribution in [2.75, 3.05) is 18.0 Å². The zero-order valence-electron chi connectivity index (χ0n) is 11.7. The number of thiophene rings is 1.